The fourth-order valence-corrected chi connectivity index (χ4v) is 7.68. The first-order chi connectivity index (χ1) is 22.2. The molecule has 0 saturated carbocycles. The minimum Gasteiger partial charge on any atom is -0.496 e. The van der Waals surface area contributed by atoms with Crippen molar-refractivity contribution in [3.05, 3.63) is 129 Å². The maximum atomic E-state index is 14.3. The number of para-hydroxylation sites is 1. The Kier molecular flexibility index (Phi) is 9.57. The van der Waals surface area contributed by atoms with Crippen LogP contribution in [0, 0.1) is 0 Å². The highest BCUT2D eigenvalue weighted by molar-refractivity contribution is 9.10. The molecule has 0 radical (unpaired) electrons. The number of carbonyl (C=O) groups is 1. The molecule has 7 nitrogen and oxygen atoms in total. The quantitative estimate of drug-likeness (QED) is 0.146. The molecule has 6 rings (SSSR count). The van der Waals surface area contributed by atoms with Gasteiger partial charge in [-0.3, -0.25) is 9.36 Å². The zero-order valence-electron chi connectivity index (χ0n) is 25.4. The molecule has 5 aromatic rings. The largest absolute Gasteiger partial charge is 0.496 e. The molecule has 0 bridgehead atoms. The SMILES string of the molecule is CCCC1=C(C(=O)OCC)[C@@H](c2ccc(OC)c(Br)c2)n2c(s/c(=C/c3cn(Cc4ccc(Cl)c(Cl)c4)c4ccccc34)c2=O)=N1. The van der Waals surface area contributed by atoms with E-state index in [9.17, 15) is 9.59 Å². The molecule has 1 aliphatic rings. The second-order valence-corrected chi connectivity index (χ2v) is 13.5. The smallest absolute Gasteiger partial charge is 0.338 e. The fraction of sp³-hybridized carbons (Fsp3) is 0.229. The summed E-state index contributed by atoms with van der Waals surface area (Å²) in [7, 11) is 1.59. The van der Waals surface area contributed by atoms with Gasteiger partial charge in [0.1, 0.15) is 5.75 Å². The summed E-state index contributed by atoms with van der Waals surface area (Å²) >= 11 is 17.4. The Morgan fingerprint density at radius 3 is 2.61 bits per heavy atom. The van der Waals surface area contributed by atoms with Crippen LogP contribution in [0.4, 0.5) is 0 Å². The van der Waals surface area contributed by atoms with Gasteiger partial charge in [0, 0.05) is 29.2 Å². The molecule has 236 valence electrons. The Morgan fingerprint density at radius 1 is 1.09 bits per heavy atom. The van der Waals surface area contributed by atoms with E-state index in [2.05, 4.69) is 26.6 Å². The summed E-state index contributed by atoms with van der Waals surface area (Å²) in [5, 5.41) is 2.01. The van der Waals surface area contributed by atoms with Crippen LogP contribution in [-0.2, 0) is 16.1 Å². The molecule has 0 spiro atoms. The van der Waals surface area contributed by atoms with E-state index in [1.165, 1.54) is 11.3 Å². The van der Waals surface area contributed by atoms with Crippen LogP contribution in [0.5, 0.6) is 5.75 Å². The lowest BCUT2D eigenvalue weighted by molar-refractivity contribution is -0.139. The number of ether oxygens (including phenoxy) is 2. The van der Waals surface area contributed by atoms with Gasteiger partial charge in [-0.15, -0.1) is 0 Å². The maximum absolute atomic E-state index is 14.3. The van der Waals surface area contributed by atoms with Crippen LogP contribution in [0.1, 0.15) is 49.4 Å². The number of nitrogens with zero attached hydrogens (tertiary/aromatic N) is 3. The Hall–Kier alpha value is -3.63. The molecule has 2 aromatic heterocycles. The van der Waals surface area contributed by atoms with E-state index >= 15 is 0 Å². The highest BCUT2D eigenvalue weighted by Gasteiger charge is 2.34. The van der Waals surface area contributed by atoms with Crippen molar-refractivity contribution in [2.24, 2.45) is 4.99 Å². The summed E-state index contributed by atoms with van der Waals surface area (Å²) in [6.45, 7) is 4.58. The van der Waals surface area contributed by atoms with Crippen LogP contribution in [0.3, 0.4) is 0 Å². The Bertz CT molecular complexity index is 2200. The van der Waals surface area contributed by atoms with Gasteiger partial charge >= 0.3 is 5.97 Å². The van der Waals surface area contributed by atoms with Gasteiger partial charge in [-0.05, 0) is 76.8 Å². The van der Waals surface area contributed by atoms with Crippen LogP contribution < -0.4 is 19.6 Å². The fourth-order valence-electron chi connectivity index (χ4n) is 5.79. The van der Waals surface area contributed by atoms with Crippen molar-refractivity contribution in [1.82, 2.24) is 9.13 Å². The van der Waals surface area contributed by atoms with Crippen molar-refractivity contribution in [1.29, 1.82) is 0 Å². The molecule has 3 heterocycles. The zero-order valence-corrected chi connectivity index (χ0v) is 29.3. The lowest BCUT2D eigenvalue weighted by Crippen LogP contribution is -2.40. The van der Waals surface area contributed by atoms with Crippen LogP contribution in [0.2, 0.25) is 10.0 Å². The Morgan fingerprint density at radius 2 is 1.89 bits per heavy atom. The molecule has 0 aliphatic carbocycles. The minimum absolute atomic E-state index is 0.206. The van der Waals surface area contributed by atoms with Gasteiger partial charge in [0.05, 0.1) is 50.1 Å². The second kappa shape index (κ2) is 13.6. The molecule has 11 heteroatoms. The number of benzene rings is 3. The number of halogens is 3. The summed E-state index contributed by atoms with van der Waals surface area (Å²) < 4.78 is 15.9. The highest BCUT2D eigenvalue weighted by atomic mass is 79.9. The van der Waals surface area contributed by atoms with Crippen molar-refractivity contribution in [3.63, 3.8) is 0 Å². The summed E-state index contributed by atoms with van der Waals surface area (Å²) in [6.07, 6.45) is 5.28. The van der Waals surface area contributed by atoms with Crippen molar-refractivity contribution >= 4 is 73.4 Å². The molecule has 46 heavy (non-hydrogen) atoms. The standard InChI is InChI=1S/C35H30BrCl2N3O4S/c1-4-8-27-31(34(43)45-5-2)32(21-12-14-29(44-3)24(36)16-21)41-33(42)30(46-35(41)39-27)17-22-19-40(28-10-7-6-9-23(22)28)18-20-11-13-25(37)26(38)15-20/h6-7,9-17,19,32H,4-5,8,18H2,1-3H3/b30-17+/t32-/m1/s1. The van der Waals surface area contributed by atoms with Crippen LogP contribution >= 0.6 is 50.5 Å². The molecule has 3 aromatic carbocycles. The summed E-state index contributed by atoms with van der Waals surface area (Å²) in [5.41, 5.74) is 4.42. The van der Waals surface area contributed by atoms with E-state index in [-0.39, 0.29) is 12.2 Å². The lowest BCUT2D eigenvalue weighted by atomic mass is 9.94. The number of thiazole rings is 1. The number of esters is 1. The molecule has 1 atom stereocenters. The third kappa shape index (κ3) is 6.09. The molecular weight excluding hydrogens is 709 g/mol. The molecule has 0 amide bonds. The van der Waals surface area contributed by atoms with Gasteiger partial charge < -0.3 is 14.0 Å². The van der Waals surface area contributed by atoms with Crippen molar-refractivity contribution in [2.75, 3.05) is 13.7 Å². The Balaban J connectivity index is 1.54. The first-order valence-corrected chi connectivity index (χ1v) is 17.2. The summed E-state index contributed by atoms with van der Waals surface area (Å²) in [4.78, 5) is 33.3. The molecule has 0 N–H and O–H groups in total. The van der Waals surface area contributed by atoms with Gasteiger partial charge in [-0.25, -0.2) is 9.79 Å². The first-order valence-electron chi connectivity index (χ1n) is 14.8. The number of hydrogen-bond acceptors (Lipinski definition) is 6. The third-order valence-corrected chi connectivity index (χ3v) is 10.2. The van der Waals surface area contributed by atoms with E-state index in [0.717, 1.165) is 34.0 Å². The number of carbonyl (C=O) groups excluding carboxylic acids is 1. The topological polar surface area (TPSA) is 74.8 Å². The number of aromatic nitrogens is 2. The predicted octanol–water partition coefficient (Wildman–Crippen LogP) is 7.66. The van der Waals surface area contributed by atoms with Gasteiger partial charge in [-0.2, -0.15) is 0 Å². The van der Waals surface area contributed by atoms with E-state index < -0.39 is 12.0 Å². The number of methoxy groups -OCH3 is 1. The van der Waals surface area contributed by atoms with Gasteiger partial charge in [0.25, 0.3) is 5.56 Å². The number of hydrogen-bond donors (Lipinski definition) is 0. The highest BCUT2D eigenvalue weighted by Crippen LogP contribution is 2.36. The summed E-state index contributed by atoms with van der Waals surface area (Å²) in [6, 6.07) is 18.5. The van der Waals surface area contributed by atoms with E-state index in [0.29, 0.717) is 53.8 Å². The van der Waals surface area contributed by atoms with Gasteiger partial charge in [0.2, 0.25) is 0 Å². The minimum atomic E-state index is -0.725. The molecular formula is C35H30BrCl2N3O4S. The van der Waals surface area contributed by atoms with Crippen molar-refractivity contribution < 1.29 is 14.3 Å². The number of rotatable bonds is 9. The second-order valence-electron chi connectivity index (χ2n) is 10.8. The van der Waals surface area contributed by atoms with E-state index in [4.69, 9.17) is 37.7 Å². The van der Waals surface area contributed by atoms with E-state index in [1.54, 1.807) is 24.7 Å². The van der Waals surface area contributed by atoms with Crippen molar-refractivity contribution in [2.45, 2.75) is 39.3 Å². The maximum Gasteiger partial charge on any atom is 0.338 e. The molecule has 1 aliphatic heterocycles. The van der Waals surface area contributed by atoms with Crippen LogP contribution in [-0.4, -0.2) is 28.8 Å². The molecule has 0 unspecified atom stereocenters. The predicted molar refractivity (Wildman–Crippen MR) is 188 cm³/mol. The average Bonchev–Trinajstić information content (AvgIpc) is 3.54. The average molecular weight is 740 g/mol. The number of allylic oxidation sites excluding steroid dienone is 1. The summed E-state index contributed by atoms with van der Waals surface area (Å²) in [5.74, 6) is 0.162. The molecule has 0 saturated heterocycles. The normalized spacial score (nSPS) is 14.8. The van der Waals surface area contributed by atoms with Gasteiger partial charge in [0.15, 0.2) is 4.80 Å². The molecule has 0 fully saturated rings. The van der Waals surface area contributed by atoms with Crippen LogP contribution in [0.15, 0.2) is 92.4 Å². The van der Waals surface area contributed by atoms with Gasteiger partial charge in [-0.1, -0.05) is 78.2 Å². The van der Waals surface area contributed by atoms with Crippen molar-refractivity contribution in [3.8, 4) is 5.75 Å². The van der Waals surface area contributed by atoms with Crippen LogP contribution in [0.25, 0.3) is 17.0 Å². The first kappa shape index (κ1) is 32.3. The zero-order chi connectivity index (χ0) is 32.5. The number of fused-ring (bicyclic) bond motifs is 2. The van der Waals surface area contributed by atoms with E-state index in [1.807, 2.05) is 67.7 Å². The Labute approximate surface area is 288 Å². The third-order valence-electron chi connectivity index (χ3n) is 7.83. The monoisotopic (exact) mass is 737 g/mol. The lowest BCUT2D eigenvalue weighted by Gasteiger charge is -2.26.